The smallest absolute Gasteiger partial charge is 0.269 e. The first-order chi connectivity index (χ1) is 9.19. The summed E-state index contributed by atoms with van der Waals surface area (Å²) in [7, 11) is 0. The van der Waals surface area contributed by atoms with Crippen LogP contribution in [0.4, 0.5) is 5.69 Å². The lowest BCUT2D eigenvalue weighted by atomic mass is 9.99. The Labute approximate surface area is 112 Å². The predicted octanol–water partition coefficient (Wildman–Crippen LogP) is 2.37. The van der Waals surface area contributed by atoms with E-state index in [1.807, 2.05) is 12.1 Å². The first-order valence-corrected chi connectivity index (χ1v) is 6.54. The van der Waals surface area contributed by atoms with Crippen LogP contribution in [0.2, 0.25) is 0 Å². The Morgan fingerprint density at radius 2 is 2.16 bits per heavy atom. The van der Waals surface area contributed by atoms with E-state index in [2.05, 4.69) is 11.0 Å². The van der Waals surface area contributed by atoms with Crippen LogP contribution in [0.15, 0.2) is 24.3 Å². The molecule has 1 fully saturated rings. The van der Waals surface area contributed by atoms with E-state index in [0.29, 0.717) is 0 Å². The summed E-state index contributed by atoms with van der Waals surface area (Å²) in [6.45, 7) is 2.81. The Balaban J connectivity index is 1.85. The van der Waals surface area contributed by atoms with E-state index in [0.717, 1.165) is 44.5 Å². The van der Waals surface area contributed by atoms with Crippen molar-refractivity contribution < 1.29 is 4.92 Å². The molecular formula is C14H17N3O2. The van der Waals surface area contributed by atoms with Crippen LogP contribution in [0.25, 0.3) is 0 Å². The van der Waals surface area contributed by atoms with Gasteiger partial charge < -0.3 is 4.90 Å². The summed E-state index contributed by atoms with van der Waals surface area (Å²) in [5, 5.41) is 19.5. The molecule has 1 aliphatic heterocycles. The van der Waals surface area contributed by atoms with Crippen molar-refractivity contribution in [2.75, 3.05) is 19.6 Å². The number of rotatable bonds is 4. The van der Waals surface area contributed by atoms with Crippen LogP contribution in [0.3, 0.4) is 0 Å². The summed E-state index contributed by atoms with van der Waals surface area (Å²) in [5.41, 5.74) is 1.23. The highest BCUT2D eigenvalue weighted by atomic mass is 16.6. The molecule has 1 aromatic rings. The molecule has 19 heavy (non-hydrogen) atoms. The normalized spacial score (nSPS) is 19.8. The fraction of sp³-hybridized carbons (Fsp3) is 0.500. The van der Waals surface area contributed by atoms with Crippen LogP contribution < -0.4 is 0 Å². The summed E-state index contributed by atoms with van der Waals surface area (Å²) in [6, 6.07) is 9.04. The molecule has 0 aliphatic carbocycles. The van der Waals surface area contributed by atoms with Gasteiger partial charge in [0.05, 0.1) is 16.9 Å². The van der Waals surface area contributed by atoms with E-state index in [1.54, 1.807) is 12.1 Å². The molecule has 0 saturated carbocycles. The number of nitriles is 1. The number of piperidine rings is 1. The van der Waals surface area contributed by atoms with Gasteiger partial charge in [-0.05, 0) is 31.4 Å². The van der Waals surface area contributed by atoms with Crippen molar-refractivity contribution in [1.29, 1.82) is 5.26 Å². The van der Waals surface area contributed by atoms with Gasteiger partial charge in [-0.25, -0.2) is 0 Å². The van der Waals surface area contributed by atoms with Crippen LogP contribution in [0, 0.1) is 27.4 Å². The molecule has 1 saturated heterocycles. The van der Waals surface area contributed by atoms with Crippen molar-refractivity contribution in [3.63, 3.8) is 0 Å². The third-order valence-corrected chi connectivity index (χ3v) is 3.55. The van der Waals surface area contributed by atoms with Crippen LogP contribution in [0.5, 0.6) is 0 Å². The average Bonchev–Trinajstić information content (AvgIpc) is 2.46. The molecule has 0 N–H and O–H groups in total. The first kappa shape index (κ1) is 13.5. The molecule has 1 aromatic carbocycles. The van der Waals surface area contributed by atoms with Gasteiger partial charge in [-0.15, -0.1) is 0 Å². The van der Waals surface area contributed by atoms with Gasteiger partial charge in [-0.2, -0.15) is 5.26 Å². The van der Waals surface area contributed by atoms with E-state index in [-0.39, 0.29) is 16.5 Å². The van der Waals surface area contributed by atoms with Crippen LogP contribution in [0.1, 0.15) is 18.4 Å². The van der Waals surface area contributed by atoms with Crippen molar-refractivity contribution in [2.24, 2.45) is 5.92 Å². The maximum atomic E-state index is 10.6. The molecule has 5 heteroatoms. The number of hydrogen-bond donors (Lipinski definition) is 0. The molecule has 0 spiro atoms. The van der Waals surface area contributed by atoms with Crippen molar-refractivity contribution in [1.82, 2.24) is 4.90 Å². The Hall–Kier alpha value is -1.93. The van der Waals surface area contributed by atoms with E-state index in [9.17, 15) is 10.1 Å². The lowest BCUT2D eigenvalue weighted by molar-refractivity contribution is -0.384. The highest BCUT2D eigenvalue weighted by Gasteiger charge is 2.18. The lowest BCUT2D eigenvalue weighted by Crippen LogP contribution is -2.36. The highest BCUT2D eigenvalue weighted by molar-refractivity contribution is 5.32. The average molecular weight is 259 g/mol. The molecular weight excluding hydrogens is 242 g/mol. The molecule has 1 atom stereocenters. The highest BCUT2D eigenvalue weighted by Crippen LogP contribution is 2.17. The molecule has 0 radical (unpaired) electrons. The topological polar surface area (TPSA) is 70.2 Å². The standard InChI is InChI=1S/C14H17N3O2/c15-10-13-2-1-8-16(11-13)9-7-12-3-5-14(6-4-12)17(18)19/h3-6,13H,1-2,7-9,11H2. The zero-order chi connectivity index (χ0) is 13.7. The minimum atomic E-state index is -0.383. The van der Waals surface area contributed by atoms with Gasteiger partial charge in [0.15, 0.2) is 0 Å². The first-order valence-electron chi connectivity index (χ1n) is 6.54. The van der Waals surface area contributed by atoms with E-state index in [4.69, 9.17) is 5.26 Å². The number of hydrogen-bond acceptors (Lipinski definition) is 4. The third-order valence-electron chi connectivity index (χ3n) is 3.55. The zero-order valence-electron chi connectivity index (χ0n) is 10.8. The van der Waals surface area contributed by atoms with Gasteiger partial charge in [-0.3, -0.25) is 10.1 Å². The minimum Gasteiger partial charge on any atom is -0.302 e. The molecule has 5 nitrogen and oxygen atoms in total. The minimum absolute atomic E-state index is 0.131. The third kappa shape index (κ3) is 3.76. The van der Waals surface area contributed by atoms with Gasteiger partial charge in [0, 0.05) is 25.2 Å². The summed E-state index contributed by atoms with van der Waals surface area (Å²) in [6.07, 6.45) is 2.96. The molecule has 1 heterocycles. The SMILES string of the molecule is N#CC1CCCN(CCc2ccc([N+](=O)[O-])cc2)C1. The molecule has 1 aliphatic rings. The van der Waals surface area contributed by atoms with Crippen molar-refractivity contribution >= 4 is 5.69 Å². The number of likely N-dealkylation sites (tertiary alicyclic amines) is 1. The summed E-state index contributed by atoms with van der Waals surface area (Å²) in [4.78, 5) is 12.5. The van der Waals surface area contributed by atoms with Crippen molar-refractivity contribution in [2.45, 2.75) is 19.3 Å². The predicted molar refractivity (Wildman–Crippen MR) is 71.6 cm³/mol. The van der Waals surface area contributed by atoms with Gasteiger partial charge in [0.2, 0.25) is 0 Å². The summed E-state index contributed by atoms with van der Waals surface area (Å²) < 4.78 is 0. The van der Waals surface area contributed by atoms with Gasteiger partial charge in [0.25, 0.3) is 5.69 Å². The van der Waals surface area contributed by atoms with E-state index >= 15 is 0 Å². The van der Waals surface area contributed by atoms with Crippen molar-refractivity contribution in [3.8, 4) is 6.07 Å². The number of nitro groups is 1. The van der Waals surface area contributed by atoms with Gasteiger partial charge >= 0.3 is 0 Å². The maximum absolute atomic E-state index is 10.6. The monoisotopic (exact) mass is 259 g/mol. The number of non-ortho nitro benzene ring substituents is 1. The maximum Gasteiger partial charge on any atom is 0.269 e. The Morgan fingerprint density at radius 1 is 1.42 bits per heavy atom. The van der Waals surface area contributed by atoms with E-state index < -0.39 is 0 Å². The number of nitro benzene ring substituents is 1. The quantitative estimate of drug-likeness (QED) is 0.614. The van der Waals surface area contributed by atoms with Crippen molar-refractivity contribution in [3.05, 3.63) is 39.9 Å². The second kappa shape index (κ2) is 6.30. The molecule has 0 bridgehead atoms. The van der Waals surface area contributed by atoms with Gasteiger partial charge in [0.1, 0.15) is 0 Å². The fourth-order valence-electron chi connectivity index (χ4n) is 2.44. The summed E-state index contributed by atoms with van der Waals surface area (Å²) >= 11 is 0. The van der Waals surface area contributed by atoms with E-state index in [1.165, 1.54) is 0 Å². The number of nitrogens with zero attached hydrogens (tertiary/aromatic N) is 3. The second-order valence-electron chi connectivity index (χ2n) is 4.94. The summed E-state index contributed by atoms with van der Waals surface area (Å²) in [5.74, 6) is 0.158. The second-order valence-corrected chi connectivity index (χ2v) is 4.94. The number of benzene rings is 1. The Kier molecular flexibility index (Phi) is 4.48. The zero-order valence-corrected chi connectivity index (χ0v) is 10.8. The molecule has 0 amide bonds. The molecule has 0 aromatic heterocycles. The largest absolute Gasteiger partial charge is 0.302 e. The Morgan fingerprint density at radius 3 is 2.79 bits per heavy atom. The molecule has 100 valence electrons. The Bertz CT molecular complexity index is 478. The fourth-order valence-corrected chi connectivity index (χ4v) is 2.44. The van der Waals surface area contributed by atoms with Crippen LogP contribution in [-0.2, 0) is 6.42 Å². The van der Waals surface area contributed by atoms with Gasteiger partial charge in [-0.1, -0.05) is 12.1 Å². The van der Waals surface area contributed by atoms with Crippen LogP contribution in [-0.4, -0.2) is 29.5 Å². The van der Waals surface area contributed by atoms with Crippen LogP contribution >= 0.6 is 0 Å². The molecule has 1 unspecified atom stereocenters. The molecule has 2 rings (SSSR count). The lowest BCUT2D eigenvalue weighted by Gasteiger charge is -2.29.